The summed E-state index contributed by atoms with van der Waals surface area (Å²) in [7, 11) is 0. The molecule has 0 aromatic carbocycles. The van der Waals surface area contributed by atoms with E-state index in [1.165, 1.54) is 0 Å². The zero-order chi connectivity index (χ0) is 11.9. The van der Waals surface area contributed by atoms with Gasteiger partial charge in [0.15, 0.2) is 0 Å². The van der Waals surface area contributed by atoms with Gasteiger partial charge in [-0.05, 0) is 31.7 Å². The molecule has 4 nitrogen and oxygen atoms in total. The number of nitrogens with one attached hydrogen (secondary N) is 1. The highest BCUT2D eigenvalue weighted by molar-refractivity contribution is 5.67. The summed E-state index contributed by atoms with van der Waals surface area (Å²) >= 11 is 0. The lowest BCUT2D eigenvalue weighted by molar-refractivity contribution is -0.137. The number of carboxylic acids is 1. The van der Waals surface area contributed by atoms with Crippen LogP contribution in [-0.2, 0) is 4.79 Å². The van der Waals surface area contributed by atoms with Crippen LogP contribution in [0.5, 0.6) is 0 Å². The van der Waals surface area contributed by atoms with Gasteiger partial charge in [-0.3, -0.25) is 4.79 Å². The number of aliphatic hydroxyl groups excluding tert-OH is 1. The average molecular weight is 217 g/mol. The first-order valence-corrected chi connectivity index (χ1v) is 5.43. The van der Waals surface area contributed by atoms with E-state index < -0.39 is 5.97 Å². The summed E-state index contributed by atoms with van der Waals surface area (Å²) in [5.41, 5.74) is 0.116. The van der Waals surface area contributed by atoms with Gasteiger partial charge >= 0.3 is 5.97 Å². The third kappa shape index (κ3) is 8.39. The second kappa shape index (κ2) is 6.80. The highest BCUT2D eigenvalue weighted by atomic mass is 16.4. The summed E-state index contributed by atoms with van der Waals surface area (Å²) in [5.74, 6) is -0.774. The van der Waals surface area contributed by atoms with E-state index in [1.807, 2.05) is 6.92 Å². The van der Waals surface area contributed by atoms with Crippen LogP contribution in [0.3, 0.4) is 0 Å². The van der Waals surface area contributed by atoms with Gasteiger partial charge in [-0.15, -0.1) is 0 Å². The molecule has 0 bridgehead atoms. The number of carbonyl (C=O) groups is 1. The van der Waals surface area contributed by atoms with Crippen molar-refractivity contribution in [3.8, 4) is 0 Å². The smallest absolute Gasteiger partial charge is 0.304 e. The maximum atomic E-state index is 10.4. The summed E-state index contributed by atoms with van der Waals surface area (Å²) in [5, 5.41) is 20.6. The Morgan fingerprint density at radius 1 is 1.40 bits per heavy atom. The monoisotopic (exact) mass is 217 g/mol. The fraction of sp³-hybridized carbons (Fsp3) is 0.909. The van der Waals surface area contributed by atoms with Crippen molar-refractivity contribution in [1.29, 1.82) is 0 Å². The Morgan fingerprint density at radius 2 is 2.00 bits per heavy atom. The second-order valence-electron chi connectivity index (χ2n) is 4.84. The van der Waals surface area contributed by atoms with E-state index in [1.54, 1.807) is 0 Å². The summed E-state index contributed by atoms with van der Waals surface area (Å²) in [6, 6.07) is 0.00688. The number of aliphatic hydroxyl groups is 1. The molecule has 90 valence electrons. The molecule has 1 atom stereocenters. The standard InChI is InChI=1S/C11H23NO3/c1-9(8-10(14)15)12-6-4-11(2,3)5-7-13/h9,12-13H,4-8H2,1-3H3,(H,14,15). The molecular weight excluding hydrogens is 194 g/mol. The van der Waals surface area contributed by atoms with Crippen LogP contribution in [0.1, 0.15) is 40.0 Å². The molecule has 4 heteroatoms. The van der Waals surface area contributed by atoms with Crippen molar-refractivity contribution in [2.75, 3.05) is 13.2 Å². The van der Waals surface area contributed by atoms with E-state index in [0.29, 0.717) is 0 Å². The minimum Gasteiger partial charge on any atom is -0.481 e. The van der Waals surface area contributed by atoms with E-state index in [4.69, 9.17) is 10.2 Å². The SMILES string of the molecule is CC(CC(=O)O)NCCC(C)(C)CCO. The fourth-order valence-electron chi connectivity index (χ4n) is 1.42. The van der Waals surface area contributed by atoms with Crippen LogP contribution in [0.15, 0.2) is 0 Å². The van der Waals surface area contributed by atoms with Crippen LogP contribution < -0.4 is 5.32 Å². The number of hydrogen-bond acceptors (Lipinski definition) is 3. The topological polar surface area (TPSA) is 69.6 Å². The predicted molar refractivity (Wildman–Crippen MR) is 59.8 cm³/mol. The third-order valence-electron chi connectivity index (χ3n) is 2.56. The minimum atomic E-state index is -0.774. The van der Waals surface area contributed by atoms with Gasteiger partial charge in [0.05, 0.1) is 6.42 Å². The van der Waals surface area contributed by atoms with E-state index in [9.17, 15) is 4.79 Å². The summed E-state index contributed by atoms with van der Waals surface area (Å²) in [6.07, 6.45) is 1.87. The van der Waals surface area contributed by atoms with Crippen molar-refractivity contribution in [3.05, 3.63) is 0 Å². The van der Waals surface area contributed by atoms with Crippen molar-refractivity contribution in [1.82, 2.24) is 5.32 Å². The van der Waals surface area contributed by atoms with Crippen LogP contribution in [0, 0.1) is 5.41 Å². The molecule has 0 aliphatic heterocycles. The van der Waals surface area contributed by atoms with Gasteiger partial charge in [-0.25, -0.2) is 0 Å². The Balaban J connectivity index is 3.64. The lowest BCUT2D eigenvalue weighted by Crippen LogP contribution is -2.31. The zero-order valence-corrected chi connectivity index (χ0v) is 9.92. The molecule has 0 rings (SSSR count). The van der Waals surface area contributed by atoms with Crippen LogP contribution in [0.2, 0.25) is 0 Å². The molecule has 0 aromatic rings. The molecule has 3 N–H and O–H groups in total. The van der Waals surface area contributed by atoms with E-state index in [0.717, 1.165) is 19.4 Å². The summed E-state index contributed by atoms with van der Waals surface area (Å²) < 4.78 is 0. The first kappa shape index (κ1) is 14.4. The molecule has 0 aliphatic rings. The molecule has 15 heavy (non-hydrogen) atoms. The molecule has 0 aromatic heterocycles. The van der Waals surface area contributed by atoms with Gasteiger partial charge in [-0.2, -0.15) is 0 Å². The molecule has 0 saturated carbocycles. The number of rotatable bonds is 8. The Bertz CT molecular complexity index is 192. The predicted octanol–water partition coefficient (Wildman–Crippen LogP) is 1.24. The van der Waals surface area contributed by atoms with E-state index in [2.05, 4.69) is 19.2 Å². The Hall–Kier alpha value is -0.610. The lowest BCUT2D eigenvalue weighted by Gasteiger charge is -2.24. The molecule has 0 heterocycles. The summed E-state index contributed by atoms with van der Waals surface area (Å²) in [6.45, 7) is 7.08. The number of hydrogen-bond donors (Lipinski definition) is 3. The molecule has 0 aliphatic carbocycles. The maximum Gasteiger partial charge on any atom is 0.304 e. The second-order valence-corrected chi connectivity index (χ2v) is 4.84. The van der Waals surface area contributed by atoms with Crippen molar-refractivity contribution in [2.45, 2.75) is 46.1 Å². The van der Waals surface area contributed by atoms with Crippen LogP contribution in [0.4, 0.5) is 0 Å². The van der Waals surface area contributed by atoms with E-state index >= 15 is 0 Å². The highest BCUT2D eigenvalue weighted by Gasteiger charge is 2.17. The Kier molecular flexibility index (Phi) is 6.52. The molecular formula is C11H23NO3. The Morgan fingerprint density at radius 3 is 2.47 bits per heavy atom. The third-order valence-corrected chi connectivity index (χ3v) is 2.56. The summed E-state index contributed by atoms with van der Waals surface area (Å²) in [4.78, 5) is 10.4. The minimum absolute atomic E-state index is 0.00688. The van der Waals surface area contributed by atoms with Crippen molar-refractivity contribution < 1.29 is 15.0 Å². The number of carboxylic acid groups (broad SMARTS) is 1. The Labute approximate surface area is 91.7 Å². The normalized spacial score (nSPS) is 13.9. The molecule has 0 saturated heterocycles. The lowest BCUT2D eigenvalue weighted by atomic mass is 9.86. The molecule has 0 amide bonds. The van der Waals surface area contributed by atoms with Crippen LogP contribution in [-0.4, -0.2) is 35.4 Å². The zero-order valence-electron chi connectivity index (χ0n) is 9.92. The highest BCUT2D eigenvalue weighted by Crippen LogP contribution is 2.23. The number of aliphatic carboxylic acids is 1. The van der Waals surface area contributed by atoms with Crippen molar-refractivity contribution in [2.24, 2.45) is 5.41 Å². The molecule has 1 unspecified atom stereocenters. The van der Waals surface area contributed by atoms with E-state index in [-0.39, 0.29) is 24.5 Å². The van der Waals surface area contributed by atoms with Gasteiger partial charge in [0.25, 0.3) is 0 Å². The van der Waals surface area contributed by atoms with Gasteiger partial charge in [0.2, 0.25) is 0 Å². The fourth-order valence-corrected chi connectivity index (χ4v) is 1.42. The van der Waals surface area contributed by atoms with Crippen molar-refractivity contribution >= 4 is 5.97 Å². The largest absolute Gasteiger partial charge is 0.481 e. The maximum absolute atomic E-state index is 10.4. The first-order valence-electron chi connectivity index (χ1n) is 5.43. The van der Waals surface area contributed by atoms with Crippen LogP contribution >= 0.6 is 0 Å². The molecule has 0 radical (unpaired) electrons. The van der Waals surface area contributed by atoms with Gasteiger partial charge in [0.1, 0.15) is 0 Å². The average Bonchev–Trinajstić information content (AvgIpc) is 2.01. The molecule has 0 fully saturated rings. The molecule has 0 spiro atoms. The van der Waals surface area contributed by atoms with Gasteiger partial charge in [0, 0.05) is 12.6 Å². The quantitative estimate of drug-likeness (QED) is 0.572. The van der Waals surface area contributed by atoms with Gasteiger partial charge in [-0.1, -0.05) is 13.8 Å². The first-order chi connectivity index (χ1) is 6.87. The van der Waals surface area contributed by atoms with Gasteiger partial charge < -0.3 is 15.5 Å². The van der Waals surface area contributed by atoms with Crippen LogP contribution in [0.25, 0.3) is 0 Å². The van der Waals surface area contributed by atoms with Crippen molar-refractivity contribution in [3.63, 3.8) is 0 Å².